The maximum Gasteiger partial charge on any atom is 0.254 e. The number of rotatable bonds is 3. The Morgan fingerprint density at radius 2 is 1.77 bits per heavy atom. The molecule has 2 aromatic carbocycles. The van der Waals surface area contributed by atoms with Crippen molar-refractivity contribution in [2.75, 3.05) is 18.0 Å². The van der Waals surface area contributed by atoms with Gasteiger partial charge in [-0.05, 0) is 44.2 Å². The third-order valence-corrected chi connectivity index (χ3v) is 4.72. The number of piperazine rings is 1. The van der Waals surface area contributed by atoms with E-state index in [0.717, 1.165) is 5.69 Å². The first-order valence-electron chi connectivity index (χ1n) is 8.34. The molecule has 0 aromatic heterocycles. The average molecular weight is 371 g/mol. The first-order chi connectivity index (χ1) is 12.4. The Labute approximate surface area is 157 Å². The fraction of sp³-hybridized carbons (Fsp3) is 0.250. The van der Waals surface area contributed by atoms with Gasteiger partial charge in [0.2, 0.25) is 5.91 Å². The molecule has 134 valence electrons. The zero-order chi connectivity index (χ0) is 18.8. The zero-order valence-corrected chi connectivity index (χ0v) is 15.4. The van der Waals surface area contributed by atoms with E-state index in [1.807, 2.05) is 13.0 Å². The van der Waals surface area contributed by atoms with Gasteiger partial charge in [-0.25, -0.2) is 0 Å². The molecule has 0 spiro atoms. The highest BCUT2D eigenvalue weighted by atomic mass is 35.5. The Hall–Kier alpha value is -2.66. The molecule has 5 nitrogen and oxygen atoms in total. The summed E-state index contributed by atoms with van der Waals surface area (Å²) in [7, 11) is 0. The topological polar surface area (TPSA) is 57.7 Å². The lowest BCUT2D eigenvalue weighted by molar-refractivity contribution is -0.121. The van der Waals surface area contributed by atoms with Gasteiger partial charge in [0, 0.05) is 34.4 Å². The molecule has 0 bridgehead atoms. The van der Waals surface area contributed by atoms with E-state index in [1.54, 1.807) is 52.3 Å². The maximum atomic E-state index is 12.9. The second kappa shape index (κ2) is 7.30. The van der Waals surface area contributed by atoms with Crippen molar-refractivity contribution < 1.29 is 14.4 Å². The van der Waals surface area contributed by atoms with E-state index in [4.69, 9.17) is 11.6 Å². The lowest BCUT2D eigenvalue weighted by Crippen LogP contribution is -2.57. The Morgan fingerprint density at radius 1 is 1.08 bits per heavy atom. The fourth-order valence-corrected chi connectivity index (χ4v) is 3.24. The van der Waals surface area contributed by atoms with E-state index >= 15 is 0 Å². The molecule has 0 unspecified atom stereocenters. The van der Waals surface area contributed by atoms with E-state index in [-0.39, 0.29) is 30.2 Å². The molecule has 0 radical (unpaired) electrons. The van der Waals surface area contributed by atoms with Gasteiger partial charge in [0.25, 0.3) is 5.91 Å². The van der Waals surface area contributed by atoms with E-state index < -0.39 is 0 Å². The van der Waals surface area contributed by atoms with Crippen LogP contribution in [0.5, 0.6) is 0 Å². The van der Waals surface area contributed by atoms with E-state index in [1.165, 1.54) is 6.92 Å². The van der Waals surface area contributed by atoms with Crippen molar-refractivity contribution in [3.63, 3.8) is 0 Å². The summed E-state index contributed by atoms with van der Waals surface area (Å²) in [5.74, 6) is -0.518. The van der Waals surface area contributed by atoms with Gasteiger partial charge in [-0.1, -0.05) is 29.8 Å². The molecule has 6 heteroatoms. The van der Waals surface area contributed by atoms with Crippen LogP contribution in [-0.2, 0) is 4.79 Å². The van der Waals surface area contributed by atoms with E-state index in [0.29, 0.717) is 22.7 Å². The summed E-state index contributed by atoms with van der Waals surface area (Å²) in [6, 6.07) is 13.5. The van der Waals surface area contributed by atoms with Crippen LogP contribution < -0.4 is 4.90 Å². The number of hydrogen-bond donors (Lipinski definition) is 0. The molecule has 2 aromatic rings. The van der Waals surface area contributed by atoms with Crippen molar-refractivity contribution in [3.05, 3.63) is 64.7 Å². The Morgan fingerprint density at radius 3 is 2.46 bits per heavy atom. The monoisotopic (exact) mass is 370 g/mol. The van der Waals surface area contributed by atoms with Crippen LogP contribution in [0.3, 0.4) is 0 Å². The van der Waals surface area contributed by atoms with Crippen molar-refractivity contribution >= 4 is 34.9 Å². The van der Waals surface area contributed by atoms with Gasteiger partial charge in [0.05, 0.1) is 0 Å². The Bertz CT molecular complexity index is 881. The second-order valence-electron chi connectivity index (χ2n) is 6.40. The molecule has 1 fully saturated rings. The third kappa shape index (κ3) is 3.63. The Kier molecular flexibility index (Phi) is 5.09. The molecule has 3 rings (SSSR count). The van der Waals surface area contributed by atoms with Crippen LogP contribution in [-0.4, -0.2) is 41.6 Å². The van der Waals surface area contributed by atoms with Gasteiger partial charge < -0.3 is 9.80 Å². The minimum absolute atomic E-state index is 0.0171. The number of anilines is 1. The summed E-state index contributed by atoms with van der Waals surface area (Å²) in [6.45, 7) is 3.73. The van der Waals surface area contributed by atoms with Gasteiger partial charge in [0.1, 0.15) is 6.54 Å². The number of amides is 2. The standard InChI is InChI=1S/C20H19ClN2O3/c1-13-11-23(18-8-4-7-17(21)10-18)19(25)12-22(13)20(26)16-6-3-5-15(9-16)14(2)24/h3-10,13H,11-12H2,1-2H3/t13-/m1/s1. The van der Waals surface area contributed by atoms with Crippen LogP contribution in [0.15, 0.2) is 48.5 Å². The number of Topliss-reactive ketones (excluding diaryl/α,β-unsaturated/α-hetero) is 1. The number of nitrogens with zero attached hydrogens (tertiary/aromatic N) is 2. The summed E-state index contributed by atoms with van der Waals surface area (Å²) in [4.78, 5) is 40.2. The van der Waals surface area contributed by atoms with Crippen LogP contribution in [0.1, 0.15) is 34.6 Å². The van der Waals surface area contributed by atoms with E-state index in [9.17, 15) is 14.4 Å². The predicted octanol–water partition coefficient (Wildman–Crippen LogP) is 3.42. The van der Waals surface area contributed by atoms with Gasteiger partial charge in [-0.2, -0.15) is 0 Å². The van der Waals surface area contributed by atoms with Crippen molar-refractivity contribution in [3.8, 4) is 0 Å². The number of hydrogen-bond acceptors (Lipinski definition) is 3. The van der Waals surface area contributed by atoms with Crippen LogP contribution in [0.25, 0.3) is 0 Å². The van der Waals surface area contributed by atoms with Gasteiger partial charge in [-0.3, -0.25) is 14.4 Å². The van der Waals surface area contributed by atoms with Crippen molar-refractivity contribution in [2.45, 2.75) is 19.9 Å². The number of benzene rings is 2. The van der Waals surface area contributed by atoms with Crippen molar-refractivity contribution in [1.29, 1.82) is 0 Å². The Balaban J connectivity index is 1.81. The minimum Gasteiger partial charge on any atom is -0.325 e. The molecular weight excluding hydrogens is 352 g/mol. The highest BCUT2D eigenvalue weighted by molar-refractivity contribution is 6.31. The van der Waals surface area contributed by atoms with Crippen molar-refractivity contribution in [2.24, 2.45) is 0 Å². The number of ketones is 1. The molecule has 1 aliphatic heterocycles. The zero-order valence-electron chi connectivity index (χ0n) is 14.6. The summed E-state index contributed by atoms with van der Waals surface area (Å²) >= 11 is 6.02. The predicted molar refractivity (Wildman–Crippen MR) is 101 cm³/mol. The quantitative estimate of drug-likeness (QED) is 0.778. The number of halogens is 1. The van der Waals surface area contributed by atoms with Crippen LogP contribution in [0.2, 0.25) is 5.02 Å². The summed E-state index contributed by atoms with van der Waals surface area (Å²) < 4.78 is 0. The number of carbonyl (C=O) groups is 3. The van der Waals surface area contributed by atoms with Crippen LogP contribution >= 0.6 is 11.6 Å². The van der Waals surface area contributed by atoms with Crippen LogP contribution in [0.4, 0.5) is 5.69 Å². The van der Waals surface area contributed by atoms with Gasteiger partial charge in [0.15, 0.2) is 5.78 Å². The molecule has 0 saturated carbocycles. The maximum absolute atomic E-state index is 12.9. The second-order valence-corrected chi connectivity index (χ2v) is 6.84. The lowest BCUT2D eigenvalue weighted by atomic mass is 10.1. The highest BCUT2D eigenvalue weighted by Crippen LogP contribution is 2.24. The smallest absolute Gasteiger partial charge is 0.254 e. The summed E-state index contributed by atoms with van der Waals surface area (Å²) in [5.41, 5.74) is 1.61. The largest absolute Gasteiger partial charge is 0.325 e. The molecule has 1 atom stereocenters. The highest BCUT2D eigenvalue weighted by Gasteiger charge is 2.33. The number of carbonyl (C=O) groups excluding carboxylic acids is 3. The molecular formula is C20H19ClN2O3. The van der Waals surface area contributed by atoms with Gasteiger partial charge in [-0.15, -0.1) is 0 Å². The normalized spacial score (nSPS) is 17.3. The third-order valence-electron chi connectivity index (χ3n) is 4.48. The van der Waals surface area contributed by atoms with Gasteiger partial charge >= 0.3 is 0 Å². The fourth-order valence-electron chi connectivity index (χ4n) is 3.05. The lowest BCUT2D eigenvalue weighted by Gasteiger charge is -2.39. The SMILES string of the molecule is CC(=O)c1cccc(C(=O)N2CC(=O)N(c3cccc(Cl)c3)C[C@H]2C)c1. The molecule has 2 amide bonds. The van der Waals surface area contributed by atoms with Crippen molar-refractivity contribution in [1.82, 2.24) is 4.90 Å². The first-order valence-corrected chi connectivity index (χ1v) is 8.72. The molecule has 1 saturated heterocycles. The van der Waals surface area contributed by atoms with E-state index in [2.05, 4.69) is 0 Å². The molecule has 0 N–H and O–H groups in total. The summed E-state index contributed by atoms with van der Waals surface area (Å²) in [5, 5.41) is 0.558. The molecule has 26 heavy (non-hydrogen) atoms. The molecule has 1 aliphatic rings. The minimum atomic E-state index is -0.250. The molecule has 0 aliphatic carbocycles. The molecule has 1 heterocycles. The summed E-state index contributed by atoms with van der Waals surface area (Å²) in [6.07, 6.45) is 0. The average Bonchev–Trinajstić information content (AvgIpc) is 2.62. The first kappa shape index (κ1) is 18.1. The van der Waals surface area contributed by atoms with Crippen LogP contribution in [0, 0.1) is 0 Å².